The molecule has 0 bridgehead atoms. The molecule has 0 spiro atoms. The molecule has 1 fully saturated rings. The maximum Gasteiger partial charge on any atom is 0.113 e. The fourth-order valence-electron chi connectivity index (χ4n) is 4.71. The van der Waals surface area contributed by atoms with E-state index in [0.29, 0.717) is 6.42 Å². The lowest BCUT2D eigenvalue weighted by Crippen LogP contribution is -2.55. The van der Waals surface area contributed by atoms with Gasteiger partial charge in [0.15, 0.2) is 0 Å². The Labute approximate surface area is 187 Å². The van der Waals surface area contributed by atoms with Crippen molar-refractivity contribution in [1.29, 1.82) is 0 Å². The molecule has 168 valence electrons. The number of anilines is 1. The number of hydrogen-bond acceptors (Lipinski definition) is 6. The van der Waals surface area contributed by atoms with Crippen molar-refractivity contribution in [1.82, 2.24) is 0 Å². The van der Waals surface area contributed by atoms with Crippen molar-refractivity contribution < 1.29 is 25.2 Å². The van der Waals surface area contributed by atoms with Crippen LogP contribution in [0, 0.1) is 0 Å². The van der Waals surface area contributed by atoms with Gasteiger partial charge < -0.3 is 30.1 Å². The normalized spacial score (nSPS) is 27.9. The van der Waals surface area contributed by atoms with E-state index in [1.807, 2.05) is 25.1 Å². The van der Waals surface area contributed by atoms with Crippen LogP contribution in [0.25, 0.3) is 0 Å². The van der Waals surface area contributed by atoms with Gasteiger partial charge in [0.1, 0.15) is 30.5 Å². The van der Waals surface area contributed by atoms with Gasteiger partial charge in [-0.15, -0.1) is 0 Å². The predicted molar refractivity (Wildman–Crippen MR) is 120 cm³/mol. The monoisotopic (exact) mass is 447 g/mol. The summed E-state index contributed by atoms with van der Waals surface area (Å²) < 4.78 is 5.87. The van der Waals surface area contributed by atoms with Crippen LogP contribution in [0.5, 0.6) is 0 Å². The average molecular weight is 448 g/mol. The van der Waals surface area contributed by atoms with Crippen LogP contribution in [-0.2, 0) is 24.0 Å². The Morgan fingerprint density at radius 2 is 1.68 bits per heavy atom. The first-order chi connectivity index (χ1) is 14.8. The summed E-state index contributed by atoms with van der Waals surface area (Å²) in [5.74, 6) is 0. The zero-order valence-electron chi connectivity index (χ0n) is 17.8. The smallest absolute Gasteiger partial charge is 0.113 e. The lowest BCUT2D eigenvalue weighted by Gasteiger charge is -2.41. The summed E-state index contributed by atoms with van der Waals surface area (Å²) in [5.41, 5.74) is 6.06. The van der Waals surface area contributed by atoms with E-state index in [0.717, 1.165) is 57.8 Å². The summed E-state index contributed by atoms with van der Waals surface area (Å²) in [4.78, 5) is 2.05. The van der Waals surface area contributed by atoms with E-state index in [9.17, 15) is 20.4 Å². The molecule has 4 rings (SSSR count). The minimum absolute atomic E-state index is 0.442. The maximum absolute atomic E-state index is 10.7. The highest BCUT2D eigenvalue weighted by atomic mass is 35.5. The summed E-state index contributed by atoms with van der Waals surface area (Å²) in [6, 6.07) is 10.2. The van der Waals surface area contributed by atoms with E-state index in [1.165, 1.54) is 0 Å². The average Bonchev–Trinajstić information content (AvgIpc) is 3.25. The molecule has 6 nitrogen and oxygen atoms in total. The van der Waals surface area contributed by atoms with Crippen LogP contribution < -0.4 is 4.90 Å². The standard InChI is InChI=1S/C24H30ClNO5/c1-26(2)15-8-6-13(7-9-15)10-14-11-18(16-4-3-5-17(16)20(14)25)24-23(30)22(29)21(28)19(12-27)31-24/h6-9,11,19,21-24,27-30H,3-5,10,12H2,1-2H3/t19-,21-,22+,23-,24+/m1/s1. The molecular weight excluding hydrogens is 418 g/mol. The highest BCUT2D eigenvalue weighted by molar-refractivity contribution is 6.32. The fraction of sp³-hybridized carbons (Fsp3) is 0.500. The number of halogens is 1. The Hall–Kier alpha value is -1.67. The third-order valence-electron chi connectivity index (χ3n) is 6.49. The Kier molecular flexibility index (Phi) is 6.58. The van der Waals surface area contributed by atoms with Crippen LogP contribution in [0.1, 0.15) is 40.3 Å². The minimum atomic E-state index is -1.40. The minimum Gasteiger partial charge on any atom is -0.394 e. The quantitative estimate of drug-likeness (QED) is 0.560. The van der Waals surface area contributed by atoms with Gasteiger partial charge in [-0.1, -0.05) is 29.8 Å². The molecule has 1 heterocycles. The second-order valence-electron chi connectivity index (χ2n) is 8.74. The van der Waals surface area contributed by atoms with Gasteiger partial charge in [-0.2, -0.15) is 0 Å². The second kappa shape index (κ2) is 9.06. The first-order valence-corrected chi connectivity index (χ1v) is 11.1. The van der Waals surface area contributed by atoms with Crippen LogP contribution in [0.15, 0.2) is 30.3 Å². The molecule has 0 amide bonds. The van der Waals surface area contributed by atoms with Gasteiger partial charge in [-0.25, -0.2) is 0 Å². The zero-order chi connectivity index (χ0) is 22.3. The molecule has 0 aromatic heterocycles. The van der Waals surface area contributed by atoms with Gasteiger partial charge in [0, 0.05) is 24.8 Å². The van der Waals surface area contributed by atoms with Crippen molar-refractivity contribution in [3.05, 3.63) is 63.2 Å². The number of aliphatic hydroxyl groups is 4. The number of aliphatic hydroxyl groups excluding tert-OH is 4. The molecule has 5 atom stereocenters. The van der Waals surface area contributed by atoms with E-state index in [2.05, 4.69) is 24.3 Å². The molecule has 2 aromatic carbocycles. The lowest BCUT2D eigenvalue weighted by atomic mass is 9.86. The van der Waals surface area contributed by atoms with Crippen molar-refractivity contribution in [3.63, 3.8) is 0 Å². The van der Waals surface area contributed by atoms with E-state index in [4.69, 9.17) is 16.3 Å². The zero-order valence-corrected chi connectivity index (χ0v) is 18.6. The number of hydrogen-bond donors (Lipinski definition) is 4. The molecule has 1 aliphatic heterocycles. The summed E-state index contributed by atoms with van der Waals surface area (Å²) in [6.45, 7) is -0.442. The largest absolute Gasteiger partial charge is 0.394 e. The van der Waals surface area contributed by atoms with E-state index in [1.54, 1.807) is 0 Å². The third kappa shape index (κ3) is 4.21. The van der Waals surface area contributed by atoms with Crippen molar-refractivity contribution in [2.45, 2.75) is 56.2 Å². The number of fused-ring (bicyclic) bond motifs is 1. The van der Waals surface area contributed by atoms with Crippen LogP contribution in [0.3, 0.4) is 0 Å². The molecule has 2 aromatic rings. The molecule has 31 heavy (non-hydrogen) atoms. The molecular formula is C24H30ClNO5. The van der Waals surface area contributed by atoms with Crippen LogP contribution in [0.2, 0.25) is 5.02 Å². The van der Waals surface area contributed by atoms with E-state index in [-0.39, 0.29) is 0 Å². The van der Waals surface area contributed by atoms with Gasteiger partial charge in [-0.3, -0.25) is 0 Å². The van der Waals surface area contributed by atoms with Crippen molar-refractivity contribution in [2.75, 3.05) is 25.6 Å². The number of nitrogens with zero attached hydrogens (tertiary/aromatic N) is 1. The predicted octanol–water partition coefficient (Wildman–Crippen LogP) is 2.00. The number of benzene rings is 2. The SMILES string of the molecule is CN(C)c1ccc(Cc2cc([C@@H]3O[C@H](CO)[C@@H](O)[C@H](O)[C@H]3O)c3c(c2Cl)CCC3)cc1. The van der Waals surface area contributed by atoms with Crippen molar-refractivity contribution in [2.24, 2.45) is 0 Å². The summed E-state index contributed by atoms with van der Waals surface area (Å²) in [5, 5.41) is 41.4. The summed E-state index contributed by atoms with van der Waals surface area (Å²) in [6.07, 6.45) is -2.57. The first-order valence-electron chi connectivity index (χ1n) is 10.7. The van der Waals surface area contributed by atoms with Gasteiger partial charge >= 0.3 is 0 Å². The topological polar surface area (TPSA) is 93.4 Å². The van der Waals surface area contributed by atoms with Crippen molar-refractivity contribution in [3.8, 4) is 0 Å². The molecule has 7 heteroatoms. The number of rotatable bonds is 5. The molecule has 1 aliphatic carbocycles. The molecule has 0 unspecified atom stereocenters. The van der Waals surface area contributed by atoms with Crippen LogP contribution in [0.4, 0.5) is 5.69 Å². The molecule has 2 aliphatic rings. The van der Waals surface area contributed by atoms with Gasteiger partial charge in [0.25, 0.3) is 0 Å². The van der Waals surface area contributed by atoms with E-state index >= 15 is 0 Å². The van der Waals surface area contributed by atoms with Gasteiger partial charge in [0.2, 0.25) is 0 Å². The Morgan fingerprint density at radius 3 is 2.32 bits per heavy atom. The van der Waals surface area contributed by atoms with Crippen LogP contribution in [-0.4, -0.2) is 65.5 Å². The highest BCUT2D eigenvalue weighted by Gasteiger charge is 2.45. The van der Waals surface area contributed by atoms with Crippen LogP contribution >= 0.6 is 11.6 Å². The fourth-order valence-corrected chi connectivity index (χ4v) is 5.04. The highest BCUT2D eigenvalue weighted by Crippen LogP contribution is 2.42. The van der Waals surface area contributed by atoms with Gasteiger partial charge in [-0.05, 0) is 65.6 Å². The maximum atomic E-state index is 10.7. The summed E-state index contributed by atoms with van der Waals surface area (Å²) in [7, 11) is 4.00. The lowest BCUT2D eigenvalue weighted by molar-refractivity contribution is -0.231. The molecule has 0 radical (unpaired) electrons. The first kappa shape index (κ1) is 22.5. The van der Waals surface area contributed by atoms with Crippen molar-refractivity contribution >= 4 is 17.3 Å². The van der Waals surface area contributed by atoms with E-state index < -0.39 is 37.1 Å². The Morgan fingerprint density at radius 1 is 1.00 bits per heavy atom. The van der Waals surface area contributed by atoms with Gasteiger partial charge in [0.05, 0.1) is 6.61 Å². The Balaban J connectivity index is 1.71. The number of ether oxygens (including phenoxy) is 1. The third-order valence-corrected chi connectivity index (χ3v) is 6.96. The molecule has 4 N–H and O–H groups in total. The summed E-state index contributed by atoms with van der Waals surface area (Å²) >= 11 is 6.80. The molecule has 1 saturated heterocycles. The molecule has 0 saturated carbocycles. The second-order valence-corrected chi connectivity index (χ2v) is 9.11. The Bertz CT molecular complexity index is 931.